The Kier molecular flexibility index (Phi) is 5.33. The van der Waals surface area contributed by atoms with Crippen molar-refractivity contribution in [3.05, 3.63) is 99.3 Å². The first-order chi connectivity index (χ1) is 13.2. The molecule has 4 rings (SSSR count). The predicted octanol–water partition coefficient (Wildman–Crippen LogP) is 7.09. The van der Waals surface area contributed by atoms with Gasteiger partial charge >= 0.3 is 0 Å². The van der Waals surface area contributed by atoms with Crippen LogP contribution >= 0.6 is 23.5 Å². The minimum absolute atomic E-state index is 0.870. The molecule has 136 valence electrons. The molecule has 0 N–H and O–H groups in total. The van der Waals surface area contributed by atoms with Crippen molar-refractivity contribution in [2.75, 3.05) is 17.4 Å². The van der Waals surface area contributed by atoms with Crippen LogP contribution in [0.2, 0.25) is 0 Å². The summed E-state index contributed by atoms with van der Waals surface area (Å²) in [5, 5.41) is 0. The summed E-state index contributed by atoms with van der Waals surface area (Å²) < 4.78 is 1.37. The Hall–Kier alpha value is -2.10. The summed E-state index contributed by atoms with van der Waals surface area (Å²) in [6.45, 7) is 3.01. The quantitative estimate of drug-likeness (QED) is 0.469. The van der Waals surface area contributed by atoms with Crippen molar-refractivity contribution in [3.8, 4) is 0 Å². The maximum atomic E-state index is 2.46. The van der Waals surface area contributed by atoms with Crippen LogP contribution in [0.4, 0.5) is 11.4 Å². The highest BCUT2D eigenvalue weighted by Gasteiger charge is 2.27. The van der Waals surface area contributed by atoms with Crippen LogP contribution in [0.1, 0.15) is 22.3 Å². The van der Waals surface area contributed by atoms with Gasteiger partial charge in [-0.2, -0.15) is 0 Å². The lowest BCUT2D eigenvalue weighted by Gasteiger charge is -2.35. The van der Waals surface area contributed by atoms with Crippen molar-refractivity contribution >= 4 is 40.5 Å². The number of benzene rings is 3. The van der Waals surface area contributed by atoms with Gasteiger partial charge in [-0.05, 0) is 37.1 Å². The molecule has 3 heteroatoms. The number of rotatable bonds is 4. The normalized spacial score (nSPS) is 12.6. The highest BCUT2D eigenvalue weighted by Crippen LogP contribution is 2.49. The van der Waals surface area contributed by atoms with Crippen LogP contribution in [-0.4, -0.2) is 12.5 Å². The Morgan fingerprint density at radius 1 is 0.741 bits per heavy atom. The lowest BCUT2D eigenvalue weighted by molar-refractivity contribution is 0.962. The third kappa shape index (κ3) is 3.42. The zero-order chi connectivity index (χ0) is 18.8. The molecule has 1 nitrogen and oxygen atoms in total. The minimum Gasteiger partial charge on any atom is -0.336 e. The molecule has 3 aromatic rings. The summed E-state index contributed by atoms with van der Waals surface area (Å²) in [5.41, 5.74) is 9.20. The Balaban J connectivity index is 1.91. The number of hydrogen-bond acceptors (Lipinski definition) is 3. The Morgan fingerprint density at radius 3 is 1.78 bits per heavy atom. The minimum atomic E-state index is 0.870. The SMILES string of the molecule is CSC(SC)=C1c2ccccc2N(Cc2ccc(C)cc2)c2ccccc21. The van der Waals surface area contributed by atoms with Gasteiger partial charge in [-0.1, -0.05) is 66.2 Å². The molecule has 0 bridgehead atoms. The highest BCUT2D eigenvalue weighted by molar-refractivity contribution is 8.21. The average Bonchev–Trinajstić information content (AvgIpc) is 2.72. The Bertz CT molecular complexity index is 934. The summed E-state index contributed by atoms with van der Waals surface area (Å²) in [5.74, 6) is 0. The Morgan fingerprint density at radius 2 is 1.26 bits per heavy atom. The summed E-state index contributed by atoms with van der Waals surface area (Å²) in [4.78, 5) is 2.46. The van der Waals surface area contributed by atoms with Crippen molar-refractivity contribution in [1.29, 1.82) is 0 Å². The van der Waals surface area contributed by atoms with E-state index in [1.54, 1.807) is 0 Å². The van der Waals surface area contributed by atoms with Crippen molar-refractivity contribution in [2.45, 2.75) is 13.5 Å². The van der Waals surface area contributed by atoms with Gasteiger partial charge in [0, 0.05) is 38.9 Å². The topological polar surface area (TPSA) is 3.24 Å². The molecule has 0 amide bonds. The third-order valence-corrected chi connectivity index (χ3v) is 7.11. The lowest BCUT2D eigenvalue weighted by Crippen LogP contribution is -2.22. The van der Waals surface area contributed by atoms with E-state index in [4.69, 9.17) is 0 Å². The molecule has 0 aromatic heterocycles. The van der Waals surface area contributed by atoms with Gasteiger partial charge in [-0.3, -0.25) is 0 Å². The van der Waals surface area contributed by atoms with Crippen LogP contribution in [0.3, 0.4) is 0 Å². The number of thioether (sulfide) groups is 2. The molecule has 0 fully saturated rings. The maximum Gasteiger partial charge on any atom is 0.0494 e. The molecule has 0 saturated carbocycles. The molecule has 0 unspecified atom stereocenters. The van der Waals surface area contributed by atoms with Crippen molar-refractivity contribution in [2.24, 2.45) is 0 Å². The molecule has 1 heterocycles. The monoisotopic (exact) mass is 389 g/mol. The molecule has 0 atom stereocenters. The van der Waals surface area contributed by atoms with E-state index in [2.05, 4.69) is 97.1 Å². The fraction of sp³-hybridized carbons (Fsp3) is 0.167. The average molecular weight is 390 g/mol. The smallest absolute Gasteiger partial charge is 0.0494 e. The largest absolute Gasteiger partial charge is 0.336 e. The van der Waals surface area contributed by atoms with E-state index in [-0.39, 0.29) is 0 Å². The number of para-hydroxylation sites is 2. The number of aryl methyl sites for hydroxylation is 1. The second-order valence-corrected chi connectivity index (χ2v) is 8.57. The van der Waals surface area contributed by atoms with E-state index in [9.17, 15) is 0 Å². The second kappa shape index (κ2) is 7.87. The van der Waals surface area contributed by atoms with Crippen molar-refractivity contribution in [3.63, 3.8) is 0 Å². The second-order valence-electron chi connectivity index (χ2n) is 6.68. The molecule has 0 spiro atoms. The fourth-order valence-electron chi connectivity index (χ4n) is 3.67. The van der Waals surface area contributed by atoms with Gasteiger partial charge in [0.05, 0.1) is 0 Å². The fourth-order valence-corrected chi connectivity index (χ4v) is 5.18. The van der Waals surface area contributed by atoms with E-state index in [1.165, 1.54) is 43.4 Å². The highest BCUT2D eigenvalue weighted by atomic mass is 32.2. The predicted molar refractivity (Wildman–Crippen MR) is 123 cm³/mol. The van der Waals surface area contributed by atoms with E-state index >= 15 is 0 Å². The van der Waals surface area contributed by atoms with Gasteiger partial charge in [0.1, 0.15) is 0 Å². The van der Waals surface area contributed by atoms with Gasteiger partial charge in [-0.15, -0.1) is 23.5 Å². The van der Waals surface area contributed by atoms with Crippen LogP contribution < -0.4 is 4.90 Å². The van der Waals surface area contributed by atoms with Crippen LogP contribution in [0.15, 0.2) is 77.0 Å². The van der Waals surface area contributed by atoms with Gasteiger partial charge in [0.15, 0.2) is 0 Å². The zero-order valence-electron chi connectivity index (χ0n) is 15.9. The third-order valence-electron chi connectivity index (χ3n) is 4.96. The molecule has 0 saturated heterocycles. The number of hydrogen-bond donors (Lipinski definition) is 0. The number of fused-ring (bicyclic) bond motifs is 2. The summed E-state index contributed by atoms with van der Waals surface area (Å²) in [6, 6.07) is 26.5. The molecule has 3 aromatic carbocycles. The molecule has 1 aliphatic rings. The molecule has 27 heavy (non-hydrogen) atoms. The van der Waals surface area contributed by atoms with Crippen LogP contribution in [0.5, 0.6) is 0 Å². The lowest BCUT2D eigenvalue weighted by atomic mass is 9.91. The van der Waals surface area contributed by atoms with Gasteiger partial charge in [0.2, 0.25) is 0 Å². The van der Waals surface area contributed by atoms with Crippen LogP contribution in [0, 0.1) is 6.92 Å². The Labute approximate surface area is 170 Å². The molecule has 0 radical (unpaired) electrons. The maximum absolute atomic E-state index is 2.46. The van der Waals surface area contributed by atoms with Crippen LogP contribution in [-0.2, 0) is 6.54 Å². The zero-order valence-corrected chi connectivity index (χ0v) is 17.5. The summed E-state index contributed by atoms with van der Waals surface area (Å²) in [7, 11) is 0. The molecular weight excluding hydrogens is 366 g/mol. The number of anilines is 2. The summed E-state index contributed by atoms with van der Waals surface area (Å²) >= 11 is 3.67. The first-order valence-electron chi connectivity index (χ1n) is 9.07. The standard InChI is InChI=1S/C24H23NS2/c1-17-12-14-18(15-13-17)16-25-21-10-6-4-8-19(21)23(24(26-2)27-3)20-9-5-7-11-22(20)25/h4-15H,16H2,1-3H3. The van der Waals surface area contributed by atoms with Gasteiger partial charge < -0.3 is 4.90 Å². The van der Waals surface area contributed by atoms with E-state index in [0.29, 0.717) is 0 Å². The van der Waals surface area contributed by atoms with E-state index in [1.807, 2.05) is 23.5 Å². The number of nitrogens with zero attached hydrogens (tertiary/aromatic N) is 1. The van der Waals surface area contributed by atoms with E-state index < -0.39 is 0 Å². The van der Waals surface area contributed by atoms with Gasteiger partial charge in [-0.25, -0.2) is 0 Å². The molecule has 1 aliphatic heterocycles. The van der Waals surface area contributed by atoms with Crippen molar-refractivity contribution in [1.82, 2.24) is 0 Å². The van der Waals surface area contributed by atoms with Crippen molar-refractivity contribution < 1.29 is 0 Å². The van der Waals surface area contributed by atoms with Crippen LogP contribution in [0.25, 0.3) is 5.57 Å². The van der Waals surface area contributed by atoms with Gasteiger partial charge in [0.25, 0.3) is 0 Å². The summed E-state index contributed by atoms with van der Waals surface area (Å²) in [6.07, 6.45) is 4.34. The molecule has 0 aliphatic carbocycles. The molecular formula is C24H23NS2. The first-order valence-corrected chi connectivity index (χ1v) is 11.5. The van der Waals surface area contributed by atoms with E-state index in [0.717, 1.165) is 6.54 Å². The first kappa shape index (κ1) is 18.3.